The molecule has 5 heteroatoms. The van der Waals surface area contributed by atoms with Crippen molar-refractivity contribution in [3.8, 4) is 0 Å². The maximum Gasteiger partial charge on any atom is 0.255 e. The molecule has 1 amide bonds. The highest BCUT2D eigenvalue weighted by molar-refractivity contribution is 5.99. The normalized spacial score (nSPS) is 10.2. The van der Waals surface area contributed by atoms with Crippen molar-refractivity contribution in [1.82, 2.24) is 15.3 Å². The van der Waals surface area contributed by atoms with Crippen molar-refractivity contribution < 1.29 is 4.79 Å². The van der Waals surface area contributed by atoms with Gasteiger partial charge in [0.15, 0.2) is 0 Å². The average molecular weight is 284 g/mol. The van der Waals surface area contributed by atoms with E-state index in [-0.39, 0.29) is 5.91 Å². The summed E-state index contributed by atoms with van der Waals surface area (Å²) >= 11 is 0. The van der Waals surface area contributed by atoms with E-state index in [2.05, 4.69) is 20.6 Å². The fourth-order valence-electron chi connectivity index (χ4n) is 1.96. The standard InChI is InChI=1S/C16H20N4O/c1-4-17-15-7-12(3)19-10-14(15)16(21)20-9-13-6-5-11(2)18-8-13/h5-8,10H,4,9H2,1-3H3,(H,17,19)(H,20,21). The van der Waals surface area contributed by atoms with Crippen molar-refractivity contribution in [2.45, 2.75) is 27.3 Å². The zero-order valence-corrected chi connectivity index (χ0v) is 12.6. The van der Waals surface area contributed by atoms with Crippen LogP contribution in [-0.4, -0.2) is 22.4 Å². The molecule has 0 saturated carbocycles. The first-order valence-corrected chi connectivity index (χ1v) is 7.00. The van der Waals surface area contributed by atoms with Gasteiger partial charge in [0.2, 0.25) is 0 Å². The van der Waals surface area contributed by atoms with Gasteiger partial charge in [0.25, 0.3) is 5.91 Å². The maximum absolute atomic E-state index is 12.3. The Balaban J connectivity index is 2.07. The summed E-state index contributed by atoms with van der Waals surface area (Å²) in [6.07, 6.45) is 3.38. The molecule has 2 N–H and O–H groups in total. The van der Waals surface area contributed by atoms with E-state index in [1.807, 2.05) is 39.0 Å². The van der Waals surface area contributed by atoms with Gasteiger partial charge in [0, 0.05) is 36.9 Å². The summed E-state index contributed by atoms with van der Waals surface area (Å²) in [5.41, 5.74) is 4.18. The van der Waals surface area contributed by atoms with Gasteiger partial charge in [-0.1, -0.05) is 6.07 Å². The van der Waals surface area contributed by atoms with Crippen molar-refractivity contribution in [3.05, 3.63) is 53.1 Å². The Morgan fingerprint density at radius 2 is 1.90 bits per heavy atom. The molecule has 2 heterocycles. The van der Waals surface area contributed by atoms with Crippen LogP contribution in [0.25, 0.3) is 0 Å². The summed E-state index contributed by atoms with van der Waals surface area (Å²) in [6.45, 7) is 7.04. The Kier molecular flexibility index (Phi) is 4.87. The number of carbonyl (C=O) groups is 1. The first kappa shape index (κ1) is 15.0. The summed E-state index contributed by atoms with van der Waals surface area (Å²) in [7, 11) is 0. The number of aromatic nitrogens is 2. The molecule has 21 heavy (non-hydrogen) atoms. The first-order chi connectivity index (χ1) is 10.1. The summed E-state index contributed by atoms with van der Waals surface area (Å²) < 4.78 is 0. The Labute approximate surface area is 124 Å². The van der Waals surface area contributed by atoms with Crippen LogP contribution in [0.4, 0.5) is 5.69 Å². The quantitative estimate of drug-likeness (QED) is 0.885. The van der Waals surface area contributed by atoms with Crippen LogP contribution in [0.1, 0.15) is 34.2 Å². The van der Waals surface area contributed by atoms with Gasteiger partial charge in [-0.2, -0.15) is 0 Å². The topological polar surface area (TPSA) is 66.9 Å². The van der Waals surface area contributed by atoms with Crippen LogP contribution in [0, 0.1) is 13.8 Å². The lowest BCUT2D eigenvalue weighted by atomic mass is 10.2. The zero-order chi connectivity index (χ0) is 15.2. The third-order valence-electron chi connectivity index (χ3n) is 3.08. The molecule has 0 radical (unpaired) electrons. The van der Waals surface area contributed by atoms with E-state index >= 15 is 0 Å². The molecule has 0 aliphatic carbocycles. The van der Waals surface area contributed by atoms with Crippen LogP contribution in [-0.2, 0) is 6.54 Å². The molecule has 0 bridgehead atoms. The molecule has 0 aliphatic rings. The van der Waals surface area contributed by atoms with E-state index in [0.717, 1.165) is 29.2 Å². The third-order valence-corrected chi connectivity index (χ3v) is 3.08. The van der Waals surface area contributed by atoms with Gasteiger partial charge >= 0.3 is 0 Å². The molecule has 5 nitrogen and oxygen atoms in total. The molecule has 0 unspecified atom stereocenters. The zero-order valence-electron chi connectivity index (χ0n) is 12.6. The van der Waals surface area contributed by atoms with Gasteiger partial charge in [-0.15, -0.1) is 0 Å². The van der Waals surface area contributed by atoms with E-state index in [1.165, 1.54) is 0 Å². The Morgan fingerprint density at radius 3 is 2.57 bits per heavy atom. The van der Waals surface area contributed by atoms with Crippen LogP contribution in [0.3, 0.4) is 0 Å². The lowest BCUT2D eigenvalue weighted by Gasteiger charge is -2.11. The Hall–Kier alpha value is -2.43. The van der Waals surface area contributed by atoms with Crippen molar-refractivity contribution in [2.24, 2.45) is 0 Å². The smallest absolute Gasteiger partial charge is 0.255 e. The average Bonchev–Trinajstić information content (AvgIpc) is 2.47. The van der Waals surface area contributed by atoms with Crippen LogP contribution >= 0.6 is 0 Å². The van der Waals surface area contributed by atoms with Gasteiger partial charge in [0.1, 0.15) is 0 Å². The number of hydrogen-bond donors (Lipinski definition) is 2. The number of amides is 1. The molecule has 110 valence electrons. The predicted molar refractivity (Wildman–Crippen MR) is 83.3 cm³/mol. The van der Waals surface area contributed by atoms with Crippen molar-refractivity contribution in [2.75, 3.05) is 11.9 Å². The Morgan fingerprint density at radius 1 is 1.14 bits per heavy atom. The van der Waals surface area contributed by atoms with Crippen LogP contribution in [0.2, 0.25) is 0 Å². The number of rotatable bonds is 5. The second-order valence-electron chi connectivity index (χ2n) is 4.89. The minimum atomic E-state index is -0.140. The number of nitrogens with one attached hydrogen (secondary N) is 2. The van der Waals surface area contributed by atoms with Crippen LogP contribution in [0.5, 0.6) is 0 Å². The lowest BCUT2D eigenvalue weighted by Crippen LogP contribution is -2.24. The van der Waals surface area contributed by atoms with E-state index in [9.17, 15) is 4.79 Å². The van der Waals surface area contributed by atoms with E-state index in [4.69, 9.17) is 0 Å². The van der Waals surface area contributed by atoms with Gasteiger partial charge in [-0.25, -0.2) is 0 Å². The second-order valence-corrected chi connectivity index (χ2v) is 4.89. The maximum atomic E-state index is 12.3. The van der Waals surface area contributed by atoms with E-state index in [0.29, 0.717) is 12.1 Å². The number of pyridine rings is 2. The summed E-state index contributed by atoms with van der Waals surface area (Å²) in [4.78, 5) is 20.7. The molecule has 2 aromatic heterocycles. The van der Waals surface area contributed by atoms with Gasteiger partial charge < -0.3 is 10.6 Å². The molecule has 0 aromatic carbocycles. The summed E-state index contributed by atoms with van der Waals surface area (Å²) in [5, 5.41) is 6.08. The van der Waals surface area contributed by atoms with Gasteiger partial charge in [0.05, 0.1) is 11.3 Å². The fourth-order valence-corrected chi connectivity index (χ4v) is 1.96. The van der Waals surface area contributed by atoms with Crippen molar-refractivity contribution >= 4 is 11.6 Å². The molecular weight excluding hydrogens is 264 g/mol. The van der Waals surface area contributed by atoms with E-state index < -0.39 is 0 Å². The first-order valence-electron chi connectivity index (χ1n) is 7.00. The van der Waals surface area contributed by atoms with Crippen molar-refractivity contribution in [3.63, 3.8) is 0 Å². The highest BCUT2D eigenvalue weighted by Crippen LogP contribution is 2.15. The SMILES string of the molecule is CCNc1cc(C)ncc1C(=O)NCc1ccc(C)nc1. The minimum absolute atomic E-state index is 0.140. The molecule has 0 saturated heterocycles. The Bertz CT molecular complexity index is 623. The molecular formula is C16H20N4O. The second kappa shape index (κ2) is 6.83. The van der Waals surface area contributed by atoms with Gasteiger partial charge in [-0.3, -0.25) is 14.8 Å². The monoisotopic (exact) mass is 284 g/mol. The molecule has 0 spiro atoms. The van der Waals surface area contributed by atoms with Crippen LogP contribution in [0.15, 0.2) is 30.6 Å². The molecule has 0 atom stereocenters. The molecule has 2 rings (SSSR count). The van der Waals surface area contributed by atoms with Crippen molar-refractivity contribution in [1.29, 1.82) is 0 Å². The number of anilines is 1. The third kappa shape index (κ3) is 4.02. The molecule has 0 fully saturated rings. The highest BCUT2D eigenvalue weighted by Gasteiger charge is 2.11. The summed E-state index contributed by atoms with van der Waals surface area (Å²) in [5.74, 6) is -0.140. The number of aryl methyl sites for hydroxylation is 2. The molecule has 0 aliphatic heterocycles. The molecule has 2 aromatic rings. The largest absolute Gasteiger partial charge is 0.385 e. The van der Waals surface area contributed by atoms with E-state index in [1.54, 1.807) is 12.4 Å². The highest BCUT2D eigenvalue weighted by atomic mass is 16.1. The summed E-state index contributed by atoms with van der Waals surface area (Å²) in [6, 6.07) is 5.77. The predicted octanol–water partition coefficient (Wildman–Crippen LogP) is 2.46. The number of nitrogens with zero attached hydrogens (tertiary/aromatic N) is 2. The fraction of sp³-hybridized carbons (Fsp3) is 0.312. The van der Waals surface area contributed by atoms with Gasteiger partial charge in [-0.05, 0) is 38.5 Å². The number of hydrogen-bond acceptors (Lipinski definition) is 4. The minimum Gasteiger partial charge on any atom is -0.385 e. The lowest BCUT2D eigenvalue weighted by molar-refractivity contribution is 0.0951. The van der Waals surface area contributed by atoms with Crippen LogP contribution < -0.4 is 10.6 Å². The number of carbonyl (C=O) groups excluding carboxylic acids is 1.